The van der Waals surface area contributed by atoms with E-state index >= 15 is 0 Å². The molecule has 1 atom stereocenters. The molecule has 1 heterocycles. The van der Waals surface area contributed by atoms with Crippen LogP contribution in [0.25, 0.3) is 0 Å². The number of hydrogen-bond acceptors (Lipinski definition) is 3. The lowest BCUT2D eigenvalue weighted by atomic mass is 10.0. The number of nitrogens with one attached hydrogen (secondary N) is 1. The highest BCUT2D eigenvalue weighted by Crippen LogP contribution is 2.38. The number of fused-ring (bicyclic) bond motifs is 1. The van der Waals surface area contributed by atoms with Crippen LogP contribution >= 0.6 is 15.9 Å². The van der Waals surface area contributed by atoms with E-state index in [0.29, 0.717) is 0 Å². The number of hydroxylamine groups is 1. The Morgan fingerprint density at radius 1 is 1.50 bits per heavy atom. The molecule has 1 aliphatic heterocycles. The van der Waals surface area contributed by atoms with Crippen LogP contribution in [0, 0.1) is 6.92 Å². The monoisotopic (exact) mass is 285 g/mol. The molecule has 2 rings (SSSR count). The second-order valence-electron chi connectivity index (χ2n) is 4.03. The molecular weight excluding hydrogens is 270 g/mol. The minimum absolute atomic E-state index is 0.207. The molecule has 1 aromatic rings. The third kappa shape index (κ3) is 2.39. The first kappa shape index (κ1) is 11.9. The van der Waals surface area contributed by atoms with Gasteiger partial charge in [0.15, 0.2) is 0 Å². The van der Waals surface area contributed by atoms with Gasteiger partial charge in [0.2, 0.25) is 0 Å². The van der Waals surface area contributed by atoms with Crippen molar-refractivity contribution in [1.29, 1.82) is 0 Å². The summed E-state index contributed by atoms with van der Waals surface area (Å²) in [5.41, 5.74) is 5.43. The fraction of sp³-hybridized carbons (Fsp3) is 0.500. The first-order valence-electron chi connectivity index (χ1n) is 5.43. The lowest BCUT2D eigenvalue weighted by Crippen LogP contribution is -2.19. The summed E-state index contributed by atoms with van der Waals surface area (Å²) in [4.78, 5) is 5.05. The van der Waals surface area contributed by atoms with Gasteiger partial charge in [-0.05, 0) is 47.3 Å². The van der Waals surface area contributed by atoms with Crippen LogP contribution in [0.15, 0.2) is 16.6 Å². The van der Waals surface area contributed by atoms with Crippen LogP contribution in [0.4, 0.5) is 0 Å². The fourth-order valence-corrected chi connectivity index (χ4v) is 2.75. The molecule has 1 aromatic carbocycles. The van der Waals surface area contributed by atoms with Gasteiger partial charge >= 0.3 is 0 Å². The lowest BCUT2D eigenvalue weighted by Gasteiger charge is -2.18. The third-order valence-electron chi connectivity index (χ3n) is 2.74. The molecule has 0 radical (unpaired) electrons. The van der Waals surface area contributed by atoms with E-state index < -0.39 is 0 Å². The minimum Gasteiger partial charge on any atom is -0.492 e. The molecule has 88 valence electrons. The smallest absolute Gasteiger partial charge is 0.138 e. The van der Waals surface area contributed by atoms with Gasteiger partial charge in [-0.25, -0.2) is 0 Å². The highest BCUT2D eigenvalue weighted by molar-refractivity contribution is 9.10. The fourth-order valence-electron chi connectivity index (χ4n) is 2.05. The first-order valence-corrected chi connectivity index (χ1v) is 6.23. The van der Waals surface area contributed by atoms with E-state index in [-0.39, 0.29) is 6.04 Å². The molecule has 0 spiro atoms. The molecule has 0 bridgehead atoms. The third-order valence-corrected chi connectivity index (χ3v) is 3.32. The Labute approximate surface area is 104 Å². The average Bonchev–Trinajstić information content (AvgIpc) is 2.42. The Morgan fingerprint density at radius 2 is 2.31 bits per heavy atom. The summed E-state index contributed by atoms with van der Waals surface area (Å²) >= 11 is 3.55. The van der Waals surface area contributed by atoms with Crippen LogP contribution in [0.3, 0.4) is 0 Å². The SMILES string of the molecule is CONC1CCCOc2c(Br)cc(C)cc21. The zero-order chi connectivity index (χ0) is 11.5. The summed E-state index contributed by atoms with van der Waals surface area (Å²) in [7, 11) is 1.65. The molecule has 1 aliphatic rings. The van der Waals surface area contributed by atoms with Gasteiger partial charge < -0.3 is 9.57 Å². The van der Waals surface area contributed by atoms with Crippen molar-refractivity contribution >= 4 is 15.9 Å². The molecule has 0 saturated heterocycles. The van der Waals surface area contributed by atoms with Gasteiger partial charge in [0.1, 0.15) is 5.75 Å². The second kappa shape index (κ2) is 5.17. The molecule has 0 amide bonds. The van der Waals surface area contributed by atoms with Crippen LogP contribution < -0.4 is 10.2 Å². The van der Waals surface area contributed by atoms with Gasteiger partial charge in [-0.2, -0.15) is 5.48 Å². The van der Waals surface area contributed by atoms with Crippen LogP contribution in [0.5, 0.6) is 5.75 Å². The minimum atomic E-state index is 0.207. The van der Waals surface area contributed by atoms with Crippen molar-refractivity contribution in [3.8, 4) is 5.75 Å². The summed E-state index contributed by atoms with van der Waals surface area (Å²) in [6.45, 7) is 2.84. The zero-order valence-electron chi connectivity index (χ0n) is 9.55. The van der Waals surface area contributed by atoms with Crippen molar-refractivity contribution in [2.75, 3.05) is 13.7 Å². The Morgan fingerprint density at radius 3 is 3.06 bits per heavy atom. The van der Waals surface area contributed by atoms with Gasteiger partial charge in [-0.1, -0.05) is 6.07 Å². The summed E-state index contributed by atoms with van der Waals surface area (Å²) in [6, 6.07) is 4.44. The topological polar surface area (TPSA) is 30.5 Å². The van der Waals surface area contributed by atoms with Crippen molar-refractivity contribution in [3.05, 3.63) is 27.7 Å². The highest BCUT2D eigenvalue weighted by atomic mass is 79.9. The van der Waals surface area contributed by atoms with E-state index in [1.807, 2.05) is 0 Å². The summed E-state index contributed by atoms with van der Waals surface area (Å²) in [6.07, 6.45) is 2.05. The maximum atomic E-state index is 5.77. The van der Waals surface area contributed by atoms with Gasteiger partial charge in [-0.3, -0.25) is 0 Å². The molecule has 0 aromatic heterocycles. The molecule has 0 saturated carbocycles. The van der Waals surface area contributed by atoms with E-state index in [4.69, 9.17) is 9.57 Å². The number of hydrogen-bond donors (Lipinski definition) is 1. The van der Waals surface area contributed by atoms with Gasteiger partial charge in [-0.15, -0.1) is 0 Å². The van der Waals surface area contributed by atoms with Gasteiger partial charge in [0.25, 0.3) is 0 Å². The molecule has 1 N–H and O–H groups in total. The predicted octanol–water partition coefficient (Wildman–Crippen LogP) is 3.12. The summed E-state index contributed by atoms with van der Waals surface area (Å²) in [5, 5.41) is 0. The van der Waals surface area contributed by atoms with Crippen molar-refractivity contribution < 1.29 is 9.57 Å². The Balaban J connectivity index is 2.43. The number of ether oxygens (including phenoxy) is 1. The van der Waals surface area contributed by atoms with Crippen molar-refractivity contribution in [1.82, 2.24) is 5.48 Å². The Kier molecular flexibility index (Phi) is 3.84. The average molecular weight is 286 g/mol. The van der Waals surface area contributed by atoms with Gasteiger partial charge in [0, 0.05) is 5.56 Å². The van der Waals surface area contributed by atoms with E-state index in [2.05, 4.69) is 40.5 Å². The van der Waals surface area contributed by atoms with Crippen LogP contribution in [0.1, 0.15) is 30.0 Å². The number of rotatable bonds is 2. The number of aryl methyl sites for hydroxylation is 1. The molecule has 16 heavy (non-hydrogen) atoms. The van der Waals surface area contributed by atoms with Crippen LogP contribution in [-0.4, -0.2) is 13.7 Å². The standard InChI is InChI=1S/C12H16BrNO2/c1-8-6-9-11(14-15-2)4-3-5-16-12(9)10(13)7-8/h6-7,11,14H,3-5H2,1-2H3. The lowest BCUT2D eigenvalue weighted by molar-refractivity contribution is 0.0579. The van der Waals surface area contributed by atoms with Crippen molar-refractivity contribution in [2.24, 2.45) is 0 Å². The van der Waals surface area contributed by atoms with Gasteiger partial charge in [0.05, 0.1) is 24.2 Å². The predicted molar refractivity (Wildman–Crippen MR) is 66.5 cm³/mol. The first-order chi connectivity index (χ1) is 7.72. The highest BCUT2D eigenvalue weighted by Gasteiger charge is 2.21. The molecule has 4 heteroatoms. The molecular formula is C12H16BrNO2. The van der Waals surface area contributed by atoms with Crippen LogP contribution in [0.2, 0.25) is 0 Å². The van der Waals surface area contributed by atoms with E-state index in [1.165, 1.54) is 11.1 Å². The molecule has 1 unspecified atom stereocenters. The normalized spacial score (nSPS) is 19.8. The maximum Gasteiger partial charge on any atom is 0.138 e. The Bertz CT molecular complexity index is 382. The molecule has 0 fully saturated rings. The van der Waals surface area contributed by atoms with Crippen molar-refractivity contribution in [2.45, 2.75) is 25.8 Å². The van der Waals surface area contributed by atoms with Crippen molar-refractivity contribution in [3.63, 3.8) is 0 Å². The van der Waals surface area contributed by atoms with E-state index in [1.54, 1.807) is 7.11 Å². The van der Waals surface area contributed by atoms with Crippen LogP contribution in [-0.2, 0) is 4.84 Å². The maximum absolute atomic E-state index is 5.77. The summed E-state index contributed by atoms with van der Waals surface area (Å²) < 4.78 is 6.79. The zero-order valence-corrected chi connectivity index (χ0v) is 11.1. The Hall–Kier alpha value is -0.580. The summed E-state index contributed by atoms with van der Waals surface area (Å²) in [5.74, 6) is 0.942. The number of benzene rings is 1. The quantitative estimate of drug-likeness (QED) is 0.847. The number of halogens is 1. The second-order valence-corrected chi connectivity index (χ2v) is 4.88. The molecule has 0 aliphatic carbocycles. The molecule has 3 nitrogen and oxygen atoms in total. The van der Waals surface area contributed by atoms with E-state index in [0.717, 1.165) is 29.7 Å². The largest absolute Gasteiger partial charge is 0.492 e. The van der Waals surface area contributed by atoms with E-state index in [9.17, 15) is 0 Å².